The molecule has 2 aromatic heterocycles. The third kappa shape index (κ3) is 2.37. The molecule has 0 aliphatic heterocycles. The molecule has 0 N–H and O–H groups in total. The summed E-state index contributed by atoms with van der Waals surface area (Å²) >= 11 is 0. The molecule has 0 aliphatic rings. The Morgan fingerprint density at radius 2 is 1.46 bits per heavy atom. The van der Waals surface area contributed by atoms with Crippen molar-refractivity contribution in [2.45, 2.75) is 6.92 Å². The van der Waals surface area contributed by atoms with Crippen LogP contribution in [0.2, 0.25) is 0 Å². The van der Waals surface area contributed by atoms with Crippen LogP contribution < -0.4 is 0 Å². The quantitative estimate of drug-likeness (QED) is 0.425. The zero-order chi connectivity index (χ0) is 17.5. The molecule has 0 amide bonds. The maximum Gasteiger partial charge on any atom is 0.161 e. The minimum absolute atomic E-state index is 0.859. The third-order valence-electron chi connectivity index (χ3n) is 4.70. The number of aryl methyl sites for hydroxylation is 1. The molecule has 0 unspecified atom stereocenters. The van der Waals surface area contributed by atoms with Gasteiger partial charge in [-0.25, -0.2) is 9.50 Å². The van der Waals surface area contributed by atoms with Crippen LogP contribution in [0.1, 0.15) is 5.56 Å². The highest BCUT2D eigenvalue weighted by molar-refractivity contribution is 5.96. The molecule has 5 rings (SSSR count). The monoisotopic (exact) mass is 335 g/mol. The van der Waals surface area contributed by atoms with Gasteiger partial charge in [0, 0.05) is 16.5 Å². The summed E-state index contributed by atoms with van der Waals surface area (Å²) in [5.74, 6) is 0.859. The molecular formula is C23H17N3. The molecule has 3 heteroatoms. The number of aromatic nitrogens is 3. The SMILES string of the molecule is Cc1ccc(-c2cc3c4ccccc4nc(-c4ccccc4)n3n2)cc1. The topological polar surface area (TPSA) is 30.2 Å². The van der Waals surface area contributed by atoms with E-state index >= 15 is 0 Å². The van der Waals surface area contributed by atoms with Crippen molar-refractivity contribution in [2.24, 2.45) is 0 Å². The molecule has 0 bridgehead atoms. The van der Waals surface area contributed by atoms with Crippen LogP contribution in [0.4, 0.5) is 0 Å². The Labute approximate surface area is 151 Å². The van der Waals surface area contributed by atoms with E-state index in [4.69, 9.17) is 10.1 Å². The molecule has 124 valence electrons. The molecule has 0 fully saturated rings. The Kier molecular flexibility index (Phi) is 3.32. The number of para-hydroxylation sites is 1. The lowest BCUT2D eigenvalue weighted by Gasteiger charge is -2.07. The van der Waals surface area contributed by atoms with Gasteiger partial charge < -0.3 is 0 Å². The molecule has 0 saturated heterocycles. The minimum atomic E-state index is 0.859. The van der Waals surface area contributed by atoms with E-state index in [9.17, 15) is 0 Å². The Morgan fingerprint density at radius 3 is 2.27 bits per heavy atom. The van der Waals surface area contributed by atoms with Crippen molar-refractivity contribution >= 4 is 16.4 Å². The smallest absolute Gasteiger partial charge is 0.161 e. The predicted octanol–water partition coefficient (Wildman–Crippen LogP) is 5.52. The van der Waals surface area contributed by atoms with Crippen molar-refractivity contribution in [2.75, 3.05) is 0 Å². The molecule has 5 aromatic rings. The molecule has 3 nitrogen and oxygen atoms in total. The lowest BCUT2D eigenvalue weighted by Crippen LogP contribution is -1.99. The molecule has 0 radical (unpaired) electrons. The lowest BCUT2D eigenvalue weighted by atomic mass is 10.1. The summed E-state index contributed by atoms with van der Waals surface area (Å²) in [6.07, 6.45) is 0. The highest BCUT2D eigenvalue weighted by atomic mass is 15.3. The second kappa shape index (κ2) is 5.81. The van der Waals surface area contributed by atoms with Gasteiger partial charge in [0.1, 0.15) is 0 Å². The zero-order valence-electron chi connectivity index (χ0n) is 14.4. The molecule has 0 saturated carbocycles. The van der Waals surface area contributed by atoms with Gasteiger partial charge in [-0.2, -0.15) is 5.10 Å². The van der Waals surface area contributed by atoms with Crippen molar-refractivity contribution in [3.8, 4) is 22.6 Å². The second-order valence-electron chi connectivity index (χ2n) is 6.51. The van der Waals surface area contributed by atoms with Crippen LogP contribution in [0.5, 0.6) is 0 Å². The number of hydrogen-bond donors (Lipinski definition) is 0. The van der Waals surface area contributed by atoms with E-state index in [-0.39, 0.29) is 0 Å². The summed E-state index contributed by atoms with van der Waals surface area (Å²) in [6.45, 7) is 2.10. The van der Waals surface area contributed by atoms with E-state index in [0.717, 1.165) is 39.1 Å². The summed E-state index contributed by atoms with van der Waals surface area (Å²) in [6, 6.07) is 29.1. The average molecular weight is 335 g/mol. The molecule has 26 heavy (non-hydrogen) atoms. The minimum Gasteiger partial charge on any atom is -0.228 e. The van der Waals surface area contributed by atoms with Crippen LogP contribution in [-0.4, -0.2) is 14.6 Å². The number of rotatable bonds is 2. The number of hydrogen-bond acceptors (Lipinski definition) is 2. The summed E-state index contributed by atoms with van der Waals surface area (Å²) in [7, 11) is 0. The van der Waals surface area contributed by atoms with Gasteiger partial charge in [0.15, 0.2) is 5.82 Å². The van der Waals surface area contributed by atoms with E-state index in [1.807, 2.05) is 34.8 Å². The molecule has 0 aliphatic carbocycles. The van der Waals surface area contributed by atoms with Crippen molar-refractivity contribution in [3.63, 3.8) is 0 Å². The van der Waals surface area contributed by atoms with E-state index in [2.05, 4.69) is 61.5 Å². The highest BCUT2D eigenvalue weighted by Gasteiger charge is 2.13. The summed E-state index contributed by atoms with van der Waals surface area (Å²) in [5.41, 5.74) is 6.43. The van der Waals surface area contributed by atoms with Gasteiger partial charge >= 0.3 is 0 Å². The van der Waals surface area contributed by atoms with Crippen molar-refractivity contribution in [1.29, 1.82) is 0 Å². The van der Waals surface area contributed by atoms with Gasteiger partial charge in [-0.3, -0.25) is 0 Å². The Morgan fingerprint density at radius 1 is 0.731 bits per heavy atom. The Bertz CT molecular complexity index is 1220. The fraction of sp³-hybridized carbons (Fsp3) is 0.0435. The second-order valence-corrected chi connectivity index (χ2v) is 6.51. The van der Waals surface area contributed by atoms with Gasteiger partial charge in [-0.15, -0.1) is 0 Å². The molecule has 2 heterocycles. The van der Waals surface area contributed by atoms with Gasteiger partial charge in [-0.05, 0) is 19.1 Å². The maximum atomic E-state index is 4.90. The fourth-order valence-electron chi connectivity index (χ4n) is 3.32. The molecular weight excluding hydrogens is 318 g/mol. The highest BCUT2D eigenvalue weighted by Crippen LogP contribution is 2.29. The van der Waals surface area contributed by atoms with E-state index in [1.165, 1.54) is 5.56 Å². The number of fused-ring (bicyclic) bond motifs is 3. The standard InChI is InChI=1S/C23H17N3/c1-16-11-13-17(14-12-16)21-15-22-19-9-5-6-10-20(19)24-23(26(22)25-21)18-7-3-2-4-8-18/h2-15H,1H3. The molecule has 0 spiro atoms. The van der Waals surface area contributed by atoms with Crippen LogP contribution in [0.15, 0.2) is 84.9 Å². The van der Waals surface area contributed by atoms with E-state index < -0.39 is 0 Å². The Hall–Kier alpha value is -3.46. The third-order valence-corrected chi connectivity index (χ3v) is 4.70. The summed E-state index contributed by atoms with van der Waals surface area (Å²) < 4.78 is 1.97. The van der Waals surface area contributed by atoms with Gasteiger partial charge in [0.25, 0.3) is 0 Å². The van der Waals surface area contributed by atoms with Crippen molar-refractivity contribution < 1.29 is 0 Å². The van der Waals surface area contributed by atoms with Crippen LogP contribution in [0, 0.1) is 6.92 Å². The lowest BCUT2D eigenvalue weighted by molar-refractivity contribution is 0.949. The first-order valence-corrected chi connectivity index (χ1v) is 8.70. The summed E-state index contributed by atoms with van der Waals surface area (Å²) in [4.78, 5) is 4.90. The predicted molar refractivity (Wildman–Crippen MR) is 106 cm³/mol. The molecule has 3 aromatic carbocycles. The van der Waals surface area contributed by atoms with E-state index in [1.54, 1.807) is 0 Å². The largest absolute Gasteiger partial charge is 0.228 e. The first kappa shape index (κ1) is 14.8. The zero-order valence-corrected chi connectivity index (χ0v) is 14.4. The number of benzene rings is 3. The average Bonchev–Trinajstić information content (AvgIpc) is 3.14. The van der Waals surface area contributed by atoms with Gasteiger partial charge in [-0.1, -0.05) is 78.4 Å². The number of nitrogens with zero attached hydrogens (tertiary/aromatic N) is 3. The molecule has 0 atom stereocenters. The van der Waals surface area contributed by atoms with Gasteiger partial charge in [0.2, 0.25) is 0 Å². The first-order chi connectivity index (χ1) is 12.8. The maximum absolute atomic E-state index is 4.90. The summed E-state index contributed by atoms with van der Waals surface area (Å²) in [5, 5.41) is 6.00. The van der Waals surface area contributed by atoms with Crippen LogP contribution in [0.3, 0.4) is 0 Å². The van der Waals surface area contributed by atoms with Crippen molar-refractivity contribution in [1.82, 2.24) is 14.6 Å². The van der Waals surface area contributed by atoms with Crippen LogP contribution in [0.25, 0.3) is 39.1 Å². The van der Waals surface area contributed by atoms with E-state index in [0.29, 0.717) is 0 Å². The van der Waals surface area contributed by atoms with Crippen LogP contribution >= 0.6 is 0 Å². The van der Waals surface area contributed by atoms with Crippen LogP contribution in [-0.2, 0) is 0 Å². The normalized spacial score (nSPS) is 11.3. The fourth-order valence-corrected chi connectivity index (χ4v) is 3.32. The van der Waals surface area contributed by atoms with Crippen molar-refractivity contribution in [3.05, 3.63) is 90.5 Å². The van der Waals surface area contributed by atoms with Gasteiger partial charge in [0.05, 0.1) is 16.7 Å². The first-order valence-electron chi connectivity index (χ1n) is 8.70. The Balaban J connectivity index is 1.84.